The zero-order valence-electron chi connectivity index (χ0n) is 14.5. The molecule has 3 rings (SSSR count). The van der Waals surface area contributed by atoms with E-state index in [-0.39, 0.29) is 11.4 Å². The number of aromatic nitrogens is 1. The van der Waals surface area contributed by atoms with Crippen molar-refractivity contribution >= 4 is 15.6 Å². The molecule has 6 heteroatoms. The summed E-state index contributed by atoms with van der Waals surface area (Å²) in [7, 11) is -2.87. The van der Waals surface area contributed by atoms with Crippen LogP contribution in [0.25, 0.3) is 0 Å². The second kappa shape index (κ2) is 7.49. The maximum absolute atomic E-state index is 12.9. The fourth-order valence-electron chi connectivity index (χ4n) is 2.29. The van der Waals surface area contributed by atoms with Crippen LogP contribution in [-0.2, 0) is 9.73 Å². The summed E-state index contributed by atoms with van der Waals surface area (Å²) in [4.78, 5) is 17.3. The third-order valence-electron chi connectivity index (χ3n) is 3.67. The number of ether oxygens (including phenoxy) is 1. The van der Waals surface area contributed by atoms with E-state index < -0.39 is 15.6 Å². The molecule has 26 heavy (non-hydrogen) atoms. The summed E-state index contributed by atoms with van der Waals surface area (Å²) in [5.41, 5.74) is 1.21. The van der Waals surface area contributed by atoms with Gasteiger partial charge >= 0.3 is 0 Å². The summed E-state index contributed by atoms with van der Waals surface area (Å²) in [6, 6.07) is 19.3. The average Bonchev–Trinajstić information content (AvgIpc) is 2.63. The largest absolute Gasteiger partial charge is 0.438 e. The van der Waals surface area contributed by atoms with Gasteiger partial charge in [0.05, 0.1) is 9.73 Å². The van der Waals surface area contributed by atoms with Crippen LogP contribution in [0.15, 0.2) is 82.2 Å². The zero-order chi connectivity index (χ0) is 18.6. The molecule has 0 fully saturated rings. The van der Waals surface area contributed by atoms with Crippen LogP contribution >= 0.6 is 0 Å². The van der Waals surface area contributed by atoms with Gasteiger partial charge in [0.2, 0.25) is 5.88 Å². The summed E-state index contributed by atoms with van der Waals surface area (Å²) in [5, 5.41) is 0. The SMILES string of the molecule is Cc1ccc(S(C)(=O)=NC(=O)c2cccnc2Oc2ccccc2)cc1. The van der Waals surface area contributed by atoms with Crippen molar-refractivity contribution in [3.8, 4) is 11.6 Å². The first kappa shape index (κ1) is 17.8. The van der Waals surface area contributed by atoms with Crippen molar-refractivity contribution < 1.29 is 13.7 Å². The molecule has 0 saturated heterocycles. The van der Waals surface area contributed by atoms with Crippen molar-refractivity contribution in [2.24, 2.45) is 4.36 Å². The fourth-order valence-corrected chi connectivity index (χ4v) is 3.45. The van der Waals surface area contributed by atoms with Crippen molar-refractivity contribution in [3.63, 3.8) is 0 Å². The van der Waals surface area contributed by atoms with Gasteiger partial charge < -0.3 is 4.74 Å². The minimum absolute atomic E-state index is 0.131. The number of carbonyl (C=O) groups is 1. The maximum Gasteiger partial charge on any atom is 0.290 e. The third kappa shape index (κ3) is 4.15. The van der Waals surface area contributed by atoms with Gasteiger partial charge in [0.15, 0.2) is 0 Å². The molecule has 1 unspecified atom stereocenters. The number of amides is 1. The van der Waals surface area contributed by atoms with E-state index in [4.69, 9.17) is 4.74 Å². The number of para-hydroxylation sites is 1. The molecule has 0 saturated carbocycles. The number of nitrogens with zero attached hydrogens (tertiary/aromatic N) is 2. The monoisotopic (exact) mass is 366 g/mol. The Morgan fingerprint density at radius 2 is 1.69 bits per heavy atom. The Hall–Kier alpha value is -2.99. The molecule has 0 aliphatic heterocycles. The Bertz CT molecular complexity index is 1040. The van der Waals surface area contributed by atoms with Gasteiger partial charge in [-0.2, -0.15) is 4.36 Å². The molecule has 1 amide bonds. The second-order valence-electron chi connectivity index (χ2n) is 5.78. The van der Waals surface area contributed by atoms with Gasteiger partial charge in [-0.05, 0) is 43.3 Å². The lowest BCUT2D eigenvalue weighted by Gasteiger charge is -2.08. The van der Waals surface area contributed by atoms with Crippen LogP contribution in [0.4, 0.5) is 0 Å². The first-order valence-corrected chi connectivity index (χ1v) is 9.89. The maximum atomic E-state index is 12.9. The number of hydrogen-bond acceptors (Lipinski definition) is 4. The van der Waals surface area contributed by atoms with Crippen LogP contribution in [0.1, 0.15) is 15.9 Å². The fraction of sp³-hybridized carbons (Fsp3) is 0.100. The second-order valence-corrected chi connectivity index (χ2v) is 8.04. The van der Waals surface area contributed by atoms with Gasteiger partial charge in [-0.3, -0.25) is 4.79 Å². The minimum atomic E-state index is -2.87. The molecule has 1 atom stereocenters. The lowest BCUT2D eigenvalue weighted by atomic mass is 10.2. The highest BCUT2D eigenvalue weighted by Crippen LogP contribution is 2.24. The highest BCUT2D eigenvalue weighted by molar-refractivity contribution is 7.93. The lowest BCUT2D eigenvalue weighted by Crippen LogP contribution is -2.06. The Morgan fingerprint density at radius 3 is 2.38 bits per heavy atom. The molecule has 2 aromatic carbocycles. The quantitative estimate of drug-likeness (QED) is 0.683. The van der Waals surface area contributed by atoms with Crippen LogP contribution in [0.2, 0.25) is 0 Å². The van der Waals surface area contributed by atoms with Crippen LogP contribution in [0, 0.1) is 6.92 Å². The summed E-state index contributed by atoms with van der Waals surface area (Å²) in [6.07, 6.45) is 2.97. The van der Waals surface area contributed by atoms with Crippen LogP contribution in [-0.4, -0.2) is 21.4 Å². The predicted molar refractivity (Wildman–Crippen MR) is 101 cm³/mol. The van der Waals surface area contributed by atoms with E-state index in [0.29, 0.717) is 10.6 Å². The van der Waals surface area contributed by atoms with Gasteiger partial charge in [0, 0.05) is 17.3 Å². The Morgan fingerprint density at radius 1 is 1.00 bits per heavy atom. The van der Waals surface area contributed by atoms with E-state index in [1.54, 1.807) is 36.4 Å². The predicted octanol–water partition coefficient (Wildman–Crippen LogP) is 4.48. The number of aryl methyl sites for hydroxylation is 1. The molecule has 0 bridgehead atoms. The number of rotatable bonds is 4. The van der Waals surface area contributed by atoms with Crippen LogP contribution < -0.4 is 4.74 Å². The van der Waals surface area contributed by atoms with E-state index in [9.17, 15) is 9.00 Å². The summed E-state index contributed by atoms with van der Waals surface area (Å²) in [5.74, 6) is 0.0553. The van der Waals surface area contributed by atoms with Crippen molar-refractivity contribution in [2.75, 3.05) is 6.26 Å². The molecule has 0 spiro atoms. The average molecular weight is 366 g/mol. The van der Waals surface area contributed by atoms with E-state index in [2.05, 4.69) is 9.35 Å². The number of carbonyl (C=O) groups excluding carboxylic acids is 1. The summed E-state index contributed by atoms with van der Waals surface area (Å²) >= 11 is 0. The molecule has 0 radical (unpaired) electrons. The first-order chi connectivity index (χ1) is 12.5. The molecule has 5 nitrogen and oxygen atoms in total. The van der Waals surface area contributed by atoms with Gasteiger partial charge in [-0.25, -0.2) is 9.19 Å². The standard InChI is InChI=1S/C20H18N2O3S/c1-15-10-12-17(13-11-15)26(2,24)22-19(23)18-9-6-14-21-20(18)25-16-7-4-3-5-8-16/h3-14H,1-2H3. The molecule has 0 N–H and O–H groups in total. The number of hydrogen-bond donors (Lipinski definition) is 0. The van der Waals surface area contributed by atoms with Crippen molar-refractivity contribution in [3.05, 3.63) is 84.1 Å². The zero-order valence-corrected chi connectivity index (χ0v) is 15.3. The minimum Gasteiger partial charge on any atom is -0.438 e. The highest BCUT2D eigenvalue weighted by Gasteiger charge is 2.17. The molecule has 1 aromatic heterocycles. The Labute approximate surface area is 152 Å². The number of pyridine rings is 1. The number of benzene rings is 2. The van der Waals surface area contributed by atoms with E-state index in [1.807, 2.05) is 37.3 Å². The molecule has 0 aliphatic carbocycles. The van der Waals surface area contributed by atoms with Crippen molar-refractivity contribution in [1.82, 2.24) is 4.98 Å². The highest BCUT2D eigenvalue weighted by atomic mass is 32.2. The van der Waals surface area contributed by atoms with Crippen molar-refractivity contribution in [1.29, 1.82) is 0 Å². The lowest BCUT2D eigenvalue weighted by molar-refractivity contribution is 0.100. The Balaban J connectivity index is 1.95. The molecule has 0 aliphatic rings. The molecule has 3 aromatic rings. The topological polar surface area (TPSA) is 68.6 Å². The molecular formula is C20H18N2O3S. The Kier molecular flexibility index (Phi) is 5.14. The summed E-state index contributed by atoms with van der Waals surface area (Å²) < 4.78 is 22.5. The van der Waals surface area contributed by atoms with Gasteiger partial charge in [0.1, 0.15) is 11.3 Å². The molecule has 132 valence electrons. The van der Waals surface area contributed by atoms with E-state index >= 15 is 0 Å². The van der Waals surface area contributed by atoms with E-state index in [1.165, 1.54) is 12.5 Å². The van der Waals surface area contributed by atoms with Gasteiger partial charge in [-0.1, -0.05) is 35.9 Å². The van der Waals surface area contributed by atoms with Crippen LogP contribution in [0.5, 0.6) is 11.6 Å². The van der Waals surface area contributed by atoms with Crippen LogP contribution in [0.3, 0.4) is 0 Å². The third-order valence-corrected chi connectivity index (χ3v) is 5.34. The van der Waals surface area contributed by atoms with Gasteiger partial charge in [-0.15, -0.1) is 0 Å². The van der Waals surface area contributed by atoms with Crippen molar-refractivity contribution in [2.45, 2.75) is 11.8 Å². The summed E-state index contributed by atoms with van der Waals surface area (Å²) in [6.45, 7) is 1.94. The smallest absolute Gasteiger partial charge is 0.290 e. The molecular weight excluding hydrogens is 348 g/mol. The first-order valence-electron chi connectivity index (χ1n) is 7.97. The normalized spacial score (nSPS) is 12.8. The molecule has 1 heterocycles. The van der Waals surface area contributed by atoms with Gasteiger partial charge in [0.25, 0.3) is 5.91 Å². The van der Waals surface area contributed by atoms with E-state index in [0.717, 1.165) is 5.56 Å².